The number of esters is 1. The summed E-state index contributed by atoms with van der Waals surface area (Å²) in [5.74, 6) is 0.0741. The fraction of sp³-hybridized carbons (Fsp3) is 0.417. The van der Waals surface area contributed by atoms with Gasteiger partial charge in [0, 0.05) is 4.47 Å². The average Bonchev–Trinajstić information content (AvgIpc) is 2.18. The highest BCUT2D eigenvalue weighted by Crippen LogP contribution is 2.21. The normalized spacial score (nSPS) is 12.2. The molecule has 15 heavy (non-hydrogen) atoms. The van der Waals surface area contributed by atoms with E-state index in [4.69, 9.17) is 4.74 Å². The van der Waals surface area contributed by atoms with Crippen LogP contribution in [0.15, 0.2) is 28.7 Å². The first-order valence-corrected chi connectivity index (χ1v) is 5.84. The van der Waals surface area contributed by atoms with Crippen LogP contribution < -0.4 is 0 Å². The quantitative estimate of drug-likeness (QED) is 0.783. The maximum Gasteiger partial charge on any atom is 0.306 e. The molecule has 0 saturated heterocycles. The van der Waals surface area contributed by atoms with Crippen LogP contribution in [0.25, 0.3) is 0 Å². The minimum Gasteiger partial charge on any atom is -0.466 e. The van der Waals surface area contributed by atoms with Crippen molar-refractivity contribution in [3.05, 3.63) is 34.3 Å². The molecule has 82 valence electrons. The number of rotatable bonds is 4. The smallest absolute Gasteiger partial charge is 0.306 e. The first-order chi connectivity index (χ1) is 7.13. The Hall–Kier alpha value is -0.830. The van der Waals surface area contributed by atoms with Crippen LogP contribution in [-0.4, -0.2) is 12.6 Å². The summed E-state index contributed by atoms with van der Waals surface area (Å²) in [4.78, 5) is 11.3. The fourth-order valence-corrected chi connectivity index (χ4v) is 1.64. The fourth-order valence-electron chi connectivity index (χ4n) is 1.38. The van der Waals surface area contributed by atoms with Gasteiger partial charge in [-0.15, -0.1) is 0 Å². The van der Waals surface area contributed by atoms with Gasteiger partial charge >= 0.3 is 5.97 Å². The van der Waals surface area contributed by atoms with Crippen molar-refractivity contribution in [1.82, 2.24) is 0 Å². The van der Waals surface area contributed by atoms with Gasteiger partial charge < -0.3 is 4.74 Å². The maximum absolute atomic E-state index is 11.3. The molecule has 0 bridgehead atoms. The van der Waals surface area contributed by atoms with E-state index in [1.807, 2.05) is 38.1 Å². The van der Waals surface area contributed by atoms with Gasteiger partial charge in [0.25, 0.3) is 0 Å². The molecule has 0 heterocycles. The number of hydrogen-bond donors (Lipinski definition) is 0. The standard InChI is InChI=1S/C12H15BrO2/c1-3-15-12(14)8-9(2)10-4-6-11(13)7-5-10/h4-7,9H,3,8H2,1-2H3. The molecule has 0 radical (unpaired) electrons. The predicted octanol–water partition coefficient (Wildman–Crippen LogP) is 3.51. The van der Waals surface area contributed by atoms with E-state index < -0.39 is 0 Å². The number of ether oxygens (including phenoxy) is 1. The molecular weight excluding hydrogens is 256 g/mol. The summed E-state index contributed by atoms with van der Waals surface area (Å²) in [6.45, 7) is 4.30. The Morgan fingerprint density at radius 3 is 2.53 bits per heavy atom. The Kier molecular flexibility index (Phi) is 4.82. The first kappa shape index (κ1) is 12.2. The number of benzene rings is 1. The van der Waals surface area contributed by atoms with Gasteiger partial charge in [0.05, 0.1) is 13.0 Å². The summed E-state index contributed by atoms with van der Waals surface area (Å²) in [7, 11) is 0. The van der Waals surface area contributed by atoms with Crippen LogP contribution in [0.4, 0.5) is 0 Å². The molecule has 0 fully saturated rings. The molecule has 0 spiro atoms. The lowest BCUT2D eigenvalue weighted by molar-refractivity contribution is -0.143. The molecular formula is C12H15BrO2. The van der Waals surface area contributed by atoms with Gasteiger partial charge in [0.15, 0.2) is 0 Å². The van der Waals surface area contributed by atoms with Gasteiger partial charge in [-0.1, -0.05) is 35.0 Å². The third-order valence-corrected chi connectivity index (χ3v) is 2.75. The SMILES string of the molecule is CCOC(=O)CC(C)c1ccc(Br)cc1. The zero-order valence-electron chi connectivity index (χ0n) is 9.00. The maximum atomic E-state index is 11.3. The summed E-state index contributed by atoms with van der Waals surface area (Å²) in [6, 6.07) is 8.01. The lowest BCUT2D eigenvalue weighted by Gasteiger charge is -2.10. The van der Waals surface area contributed by atoms with Crippen molar-refractivity contribution in [3.8, 4) is 0 Å². The van der Waals surface area contributed by atoms with E-state index in [1.54, 1.807) is 0 Å². The summed E-state index contributed by atoms with van der Waals surface area (Å²) in [6.07, 6.45) is 0.440. The second-order valence-corrected chi connectivity index (χ2v) is 4.38. The summed E-state index contributed by atoms with van der Waals surface area (Å²) in [5.41, 5.74) is 1.16. The third-order valence-electron chi connectivity index (χ3n) is 2.22. The van der Waals surface area contributed by atoms with Crippen LogP contribution >= 0.6 is 15.9 Å². The van der Waals surface area contributed by atoms with Crippen molar-refractivity contribution in [2.24, 2.45) is 0 Å². The van der Waals surface area contributed by atoms with Gasteiger partial charge in [-0.05, 0) is 30.5 Å². The molecule has 0 N–H and O–H groups in total. The summed E-state index contributed by atoms with van der Waals surface area (Å²) >= 11 is 3.38. The second kappa shape index (κ2) is 5.91. The van der Waals surface area contributed by atoms with Crippen LogP contribution in [0, 0.1) is 0 Å². The van der Waals surface area contributed by atoms with E-state index in [9.17, 15) is 4.79 Å². The summed E-state index contributed by atoms with van der Waals surface area (Å²) in [5, 5.41) is 0. The average molecular weight is 271 g/mol. The minimum absolute atomic E-state index is 0.132. The van der Waals surface area contributed by atoms with Crippen molar-refractivity contribution < 1.29 is 9.53 Å². The first-order valence-electron chi connectivity index (χ1n) is 5.04. The molecule has 3 heteroatoms. The molecule has 1 unspecified atom stereocenters. The highest BCUT2D eigenvalue weighted by Gasteiger charge is 2.11. The van der Waals surface area contributed by atoms with Gasteiger partial charge in [-0.2, -0.15) is 0 Å². The molecule has 2 nitrogen and oxygen atoms in total. The highest BCUT2D eigenvalue weighted by molar-refractivity contribution is 9.10. The molecule has 0 saturated carbocycles. The number of carbonyl (C=O) groups excluding carboxylic acids is 1. The van der Waals surface area contributed by atoms with Gasteiger partial charge in [0.2, 0.25) is 0 Å². The second-order valence-electron chi connectivity index (χ2n) is 3.46. The van der Waals surface area contributed by atoms with Crippen LogP contribution in [0.2, 0.25) is 0 Å². The Bertz CT molecular complexity index is 319. The monoisotopic (exact) mass is 270 g/mol. The van der Waals surface area contributed by atoms with Crippen molar-refractivity contribution in [2.75, 3.05) is 6.61 Å². The topological polar surface area (TPSA) is 26.3 Å². The minimum atomic E-state index is -0.132. The van der Waals surface area contributed by atoms with E-state index in [0.29, 0.717) is 13.0 Å². The molecule has 0 aliphatic heterocycles. The zero-order chi connectivity index (χ0) is 11.3. The molecule has 0 aliphatic carbocycles. The number of carbonyl (C=O) groups is 1. The molecule has 1 aromatic carbocycles. The molecule has 1 rings (SSSR count). The zero-order valence-corrected chi connectivity index (χ0v) is 10.6. The number of hydrogen-bond acceptors (Lipinski definition) is 2. The molecule has 0 amide bonds. The Morgan fingerprint density at radius 2 is 2.00 bits per heavy atom. The molecule has 0 aromatic heterocycles. The van der Waals surface area contributed by atoms with Gasteiger partial charge in [0.1, 0.15) is 0 Å². The van der Waals surface area contributed by atoms with Gasteiger partial charge in [-0.3, -0.25) is 4.79 Å². The summed E-state index contributed by atoms with van der Waals surface area (Å²) < 4.78 is 5.96. The van der Waals surface area contributed by atoms with E-state index in [0.717, 1.165) is 10.0 Å². The Morgan fingerprint density at radius 1 is 1.40 bits per heavy atom. The van der Waals surface area contributed by atoms with Crippen LogP contribution in [-0.2, 0) is 9.53 Å². The van der Waals surface area contributed by atoms with Crippen molar-refractivity contribution in [2.45, 2.75) is 26.2 Å². The molecule has 1 aromatic rings. The van der Waals surface area contributed by atoms with E-state index in [1.165, 1.54) is 0 Å². The van der Waals surface area contributed by atoms with Crippen LogP contribution in [0.5, 0.6) is 0 Å². The van der Waals surface area contributed by atoms with Crippen molar-refractivity contribution >= 4 is 21.9 Å². The lowest BCUT2D eigenvalue weighted by atomic mass is 9.98. The Balaban J connectivity index is 2.57. The van der Waals surface area contributed by atoms with Crippen molar-refractivity contribution in [1.29, 1.82) is 0 Å². The third kappa shape index (κ3) is 4.04. The molecule has 0 aliphatic rings. The van der Waals surface area contributed by atoms with Crippen LogP contribution in [0.1, 0.15) is 31.7 Å². The van der Waals surface area contributed by atoms with Gasteiger partial charge in [-0.25, -0.2) is 0 Å². The Labute approximate surface area is 98.8 Å². The van der Waals surface area contributed by atoms with Crippen molar-refractivity contribution in [3.63, 3.8) is 0 Å². The van der Waals surface area contributed by atoms with E-state index >= 15 is 0 Å². The van der Waals surface area contributed by atoms with E-state index in [2.05, 4.69) is 15.9 Å². The van der Waals surface area contributed by atoms with Crippen LogP contribution in [0.3, 0.4) is 0 Å². The predicted molar refractivity (Wildman–Crippen MR) is 63.8 cm³/mol. The lowest BCUT2D eigenvalue weighted by Crippen LogP contribution is -2.08. The highest BCUT2D eigenvalue weighted by atomic mass is 79.9. The van der Waals surface area contributed by atoms with E-state index in [-0.39, 0.29) is 11.9 Å². The largest absolute Gasteiger partial charge is 0.466 e. The molecule has 1 atom stereocenters. The number of halogens is 1.